The molecule has 0 saturated carbocycles. The second kappa shape index (κ2) is 10.3. The van der Waals surface area contributed by atoms with Crippen molar-refractivity contribution in [3.63, 3.8) is 0 Å². The molecule has 2 aromatic rings. The number of piperidine rings is 1. The second-order valence-corrected chi connectivity index (χ2v) is 10.6. The number of aryl methyl sites for hydroxylation is 2. The van der Waals surface area contributed by atoms with Gasteiger partial charge in [0.2, 0.25) is 15.9 Å². The Morgan fingerprint density at radius 2 is 1.76 bits per heavy atom. The highest BCUT2D eigenvalue weighted by Crippen LogP contribution is 2.27. The SMILES string of the molecule is Cc1noc(C)c1S(=O)(=O)N1CCC(C(=O)NCc2ccccc2CN2CCOCC2)CC1. The fraction of sp³-hybridized carbons (Fsp3) is 0.565. The number of nitrogens with zero attached hydrogens (tertiary/aromatic N) is 3. The van der Waals surface area contributed by atoms with Gasteiger partial charge in [-0.2, -0.15) is 4.31 Å². The molecule has 3 heterocycles. The third kappa shape index (κ3) is 5.46. The van der Waals surface area contributed by atoms with Crippen LogP contribution in [0.25, 0.3) is 0 Å². The maximum Gasteiger partial charge on any atom is 0.248 e. The van der Waals surface area contributed by atoms with Crippen molar-refractivity contribution in [3.8, 4) is 0 Å². The number of rotatable bonds is 7. The second-order valence-electron chi connectivity index (χ2n) is 8.71. The molecule has 0 bridgehead atoms. The maximum atomic E-state index is 13.0. The molecular formula is C23H32N4O5S. The molecule has 0 aliphatic carbocycles. The standard InChI is InChI=1S/C23H32N4O5S/c1-17-22(18(2)32-25-17)33(29,30)27-9-7-19(8-10-27)23(28)24-15-20-5-3-4-6-21(20)16-26-11-13-31-14-12-26/h3-6,19H,7-16H2,1-2H3,(H,24,28). The van der Waals surface area contributed by atoms with Crippen LogP contribution >= 0.6 is 0 Å². The Bertz CT molecular complexity index is 1050. The molecule has 180 valence electrons. The highest BCUT2D eigenvalue weighted by molar-refractivity contribution is 7.89. The van der Waals surface area contributed by atoms with E-state index in [0.29, 0.717) is 43.9 Å². The van der Waals surface area contributed by atoms with Crippen molar-refractivity contribution in [3.05, 3.63) is 46.8 Å². The minimum atomic E-state index is -3.67. The summed E-state index contributed by atoms with van der Waals surface area (Å²) in [5, 5.41) is 6.83. The molecule has 0 radical (unpaired) electrons. The van der Waals surface area contributed by atoms with E-state index in [4.69, 9.17) is 9.26 Å². The Labute approximate surface area is 195 Å². The summed E-state index contributed by atoms with van der Waals surface area (Å²) < 4.78 is 37.9. The molecule has 4 rings (SSSR count). The topological polar surface area (TPSA) is 105 Å². The van der Waals surface area contributed by atoms with Crippen LogP contribution in [0.5, 0.6) is 0 Å². The number of morpholine rings is 1. The van der Waals surface area contributed by atoms with Gasteiger partial charge in [-0.15, -0.1) is 0 Å². The zero-order valence-electron chi connectivity index (χ0n) is 19.2. The number of hydrogen-bond donors (Lipinski definition) is 1. The van der Waals surface area contributed by atoms with Crippen molar-refractivity contribution in [2.45, 2.75) is 44.7 Å². The number of carbonyl (C=O) groups excluding carboxylic acids is 1. The average molecular weight is 477 g/mol. The van der Waals surface area contributed by atoms with Crippen molar-refractivity contribution in [1.29, 1.82) is 0 Å². The highest BCUT2D eigenvalue weighted by atomic mass is 32.2. The van der Waals surface area contributed by atoms with E-state index in [9.17, 15) is 13.2 Å². The Hall–Kier alpha value is -2.27. The number of aromatic nitrogens is 1. The van der Waals surface area contributed by atoms with Gasteiger partial charge in [0.25, 0.3) is 0 Å². The molecular weight excluding hydrogens is 444 g/mol. The lowest BCUT2D eigenvalue weighted by Crippen LogP contribution is -2.43. The first kappa shape index (κ1) is 23.9. The van der Waals surface area contributed by atoms with Gasteiger partial charge in [0.1, 0.15) is 10.6 Å². The van der Waals surface area contributed by atoms with Crippen LogP contribution < -0.4 is 5.32 Å². The van der Waals surface area contributed by atoms with Gasteiger partial charge in [0.15, 0.2) is 5.76 Å². The van der Waals surface area contributed by atoms with E-state index in [1.807, 2.05) is 12.1 Å². The summed E-state index contributed by atoms with van der Waals surface area (Å²) in [5.41, 5.74) is 2.68. The normalized spacial score (nSPS) is 19.0. The van der Waals surface area contributed by atoms with Crippen molar-refractivity contribution in [1.82, 2.24) is 19.7 Å². The lowest BCUT2D eigenvalue weighted by Gasteiger charge is -2.30. The molecule has 1 amide bonds. The summed E-state index contributed by atoms with van der Waals surface area (Å²) in [4.78, 5) is 15.3. The van der Waals surface area contributed by atoms with Gasteiger partial charge < -0.3 is 14.6 Å². The van der Waals surface area contributed by atoms with Gasteiger partial charge in [-0.1, -0.05) is 29.4 Å². The first-order chi connectivity index (χ1) is 15.9. The molecule has 9 nitrogen and oxygen atoms in total. The number of sulfonamides is 1. The molecule has 0 spiro atoms. The summed E-state index contributed by atoms with van der Waals surface area (Å²) in [5.74, 6) is 0.0706. The van der Waals surface area contributed by atoms with Gasteiger partial charge >= 0.3 is 0 Å². The van der Waals surface area contributed by atoms with Crippen molar-refractivity contribution < 1.29 is 22.5 Å². The van der Waals surface area contributed by atoms with E-state index < -0.39 is 10.0 Å². The van der Waals surface area contributed by atoms with Crippen molar-refractivity contribution in [2.24, 2.45) is 5.92 Å². The van der Waals surface area contributed by atoms with Gasteiger partial charge in [0, 0.05) is 45.2 Å². The summed E-state index contributed by atoms with van der Waals surface area (Å²) in [7, 11) is -3.67. The average Bonchev–Trinajstić information content (AvgIpc) is 3.17. The van der Waals surface area contributed by atoms with E-state index in [0.717, 1.165) is 38.4 Å². The molecule has 2 aliphatic heterocycles. The van der Waals surface area contributed by atoms with Crippen molar-refractivity contribution >= 4 is 15.9 Å². The molecule has 33 heavy (non-hydrogen) atoms. The Kier molecular flexibility index (Phi) is 7.48. The molecule has 1 aromatic carbocycles. The Morgan fingerprint density at radius 1 is 1.09 bits per heavy atom. The molecule has 10 heteroatoms. The third-order valence-corrected chi connectivity index (χ3v) is 8.60. The fourth-order valence-corrected chi connectivity index (χ4v) is 6.30. The first-order valence-electron chi connectivity index (χ1n) is 11.4. The van der Waals surface area contributed by atoms with Gasteiger partial charge in [0.05, 0.1) is 13.2 Å². The van der Waals surface area contributed by atoms with Gasteiger partial charge in [-0.25, -0.2) is 8.42 Å². The molecule has 2 aliphatic rings. The van der Waals surface area contributed by atoms with Gasteiger partial charge in [-0.3, -0.25) is 9.69 Å². The quantitative estimate of drug-likeness (QED) is 0.650. The first-order valence-corrected chi connectivity index (χ1v) is 12.9. The van der Waals surface area contributed by atoms with Crippen LogP contribution in [0.3, 0.4) is 0 Å². The van der Waals surface area contributed by atoms with Crippen LogP contribution in [0.15, 0.2) is 33.7 Å². The maximum absolute atomic E-state index is 13.0. The van der Waals surface area contributed by atoms with E-state index in [-0.39, 0.29) is 16.7 Å². The molecule has 0 unspecified atom stereocenters. The largest absolute Gasteiger partial charge is 0.379 e. The molecule has 1 aromatic heterocycles. The Balaban J connectivity index is 1.31. The highest BCUT2D eigenvalue weighted by Gasteiger charge is 2.35. The number of ether oxygens (including phenoxy) is 1. The summed E-state index contributed by atoms with van der Waals surface area (Å²) in [6.45, 7) is 8.48. The Morgan fingerprint density at radius 3 is 2.39 bits per heavy atom. The molecule has 2 fully saturated rings. The summed E-state index contributed by atoms with van der Waals surface area (Å²) in [6.07, 6.45) is 0.980. The van der Waals surface area contributed by atoms with Crippen molar-refractivity contribution in [2.75, 3.05) is 39.4 Å². The van der Waals surface area contributed by atoms with E-state index in [1.54, 1.807) is 13.8 Å². The van der Waals surface area contributed by atoms with Crippen LogP contribution in [-0.4, -0.2) is 68.1 Å². The minimum absolute atomic E-state index is 0.0226. The minimum Gasteiger partial charge on any atom is -0.379 e. The third-order valence-electron chi connectivity index (χ3n) is 6.46. The lowest BCUT2D eigenvalue weighted by molar-refractivity contribution is -0.126. The number of hydrogen-bond acceptors (Lipinski definition) is 7. The summed E-state index contributed by atoms with van der Waals surface area (Å²) in [6, 6.07) is 8.17. The van der Waals surface area contributed by atoms with Gasteiger partial charge in [-0.05, 0) is 37.8 Å². The van der Waals surface area contributed by atoms with Crippen LogP contribution in [-0.2, 0) is 32.6 Å². The monoisotopic (exact) mass is 476 g/mol. The van der Waals surface area contributed by atoms with E-state index in [2.05, 4.69) is 27.5 Å². The van der Waals surface area contributed by atoms with Crippen LogP contribution in [0.4, 0.5) is 0 Å². The molecule has 1 N–H and O–H groups in total. The fourth-order valence-electron chi connectivity index (χ4n) is 4.54. The number of nitrogens with one attached hydrogen (secondary N) is 1. The predicted octanol–water partition coefficient (Wildman–Crippen LogP) is 1.84. The zero-order valence-corrected chi connectivity index (χ0v) is 20.1. The number of benzene rings is 1. The molecule has 0 atom stereocenters. The van der Waals surface area contributed by atoms with Crippen LogP contribution in [0.2, 0.25) is 0 Å². The zero-order chi connectivity index (χ0) is 23.4. The van der Waals surface area contributed by atoms with E-state index in [1.165, 1.54) is 9.87 Å². The number of carbonyl (C=O) groups is 1. The molecule has 2 saturated heterocycles. The van der Waals surface area contributed by atoms with Crippen LogP contribution in [0, 0.1) is 19.8 Å². The number of amides is 1. The summed E-state index contributed by atoms with van der Waals surface area (Å²) >= 11 is 0. The smallest absolute Gasteiger partial charge is 0.248 e. The van der Waals surface area contributed by atoms with E-state index >= 15 is 0 Å². The van der Waals surface area contributed by atoms with Crippen LogP contribution in [0.1, 0.15) is 35.4 Å². The predicted molar refractivity (Wildman–Crippen MR) is 122 cm³/mol. The lowest BCUT2D eigenvalue weighted by atomic mass is 9.97.